The first-order valence-electron chi connectivity index (χ1n) is 11.1. The molecule has 0 aliphatic carbocycles. The third-order valence-electron chi connectivity index (χ3n) is 6.15. The number of aryl methyl sites for hydroxylation is 4. The van der Waals surface area contributed by atoms with Crippen LogP contribution < -0.4 is 0 Å². The van der Waals surface area contributed by atoms with Crippen molar-refractivity contribution in [3.8, 4) is 5.69 Å². The van der Waals surface area contributed by atoms with Gasteiger partial charge >= 0.3 is 0 Å². The fraction of sp³-hybridized carbons (Fsp3) is 0.185. The van der Waals surface area contributed by atoms with Crippen LogP contribution in [0.25, 0.3) is 11.8 Å². The molecule has 1 aromatic heterocycles. The van der Waals surface area contributed by atoms with Gasteiger partial charge in [0.05, 0.1) is 11.3 Å². The number of para-hydroxylation sites is 1. The topological polar surface area (TPSA) is 73.8 Å². The Morgan fingerprint density at radius 3 is 2.38 bits per heavy atom. The van der Waals surface area contributed by atoms with E-state index in [0.29, 0.717) is 5.17 Å². The molecule has 34 heavy (non-hydrogen) atoms. The van der Waals surface area contributed by atoms with E-state index in [1.807, 2.05) is 44.2 Å². The Labute approximate surface area is 203 Å². The van der Waals surface area contributed by atoms with Crippen LogP contribution >= 0.6 is 11.8 Å². The number of hydrogen-bond donors (Lipinski definition) is 1. The zero-order chi connectivity index (χ0) is 24.1. The zero-order valence-electron chi connectivity index (χ0n) is 19.8. The van der Waals surface area contributed by atoms with Gasteiger partial charge in [-0.05, 0) is 81.3 Å². The number of amides is 1. The number of carbonyl (C=O) groups is 1. The average molecular weight is 468 g/mol. The largest absolute Gasteiger partial charge is 0.317 e. The van der Waals surface area contributed by atoms with Gasteiger partial charge in [-0.3, -0.25) is 10.2 Å². The van der Waals surface area contributed by atoms with Crippen molar-refractivity contribution in [1.82, 2.24) is 9.58 Å². The molecule has 0 radical (unpaired) electrons. The molecule has 7 heteroatoms. The number of thioether (sulfide) groups is 1. The molecule has 2 aliphatic heterocycles. The molecular formula is C27H25N5OS. The number of benzene rings is 2. The van der Waals surface area contributed by atoms with E-state index in [1.54, 1.807) is 6.08 Å². The maximum Gasteiger partial charge on any atom is 0.283 e. The lowest BCUT2D eigenvalue weighted by Crippen LogP contribution is -2.35. The van der Waals surface area contributed by atoms with Gasteiger partial charge < -0.3 is 4.57 Å². The number of hydrogen-bond acceptors (Lipinski definition) is 4. The molecule has 0 fully saturated rings. The third kappa shape index (κ3) is 3.62. The summed E-state index contributed by atoms with van der Waals surface area (Å²) in [7, 11) is 0. The quantitative estimate of drug-likeness (QED) is 0.503. The molecule has 0 saturated heterocycles. The summed E-state index contributed by atoms with van der Waals surface area (Å²) in [5.74, 6) is -0.372. The van der Waals surface area contributed by atoms with Crippen LogP contribution in [0.1, 0.15) is 39.2 Å². The first-order valence-corrected chi connectivity index (χ1v) is 11.9. The van der Waals surface area contributed by atoms with Gasteiger partial charge in [-0.2, -0.15) is 15.1 Å². The van der Waals surface area contributed by atoms with E-state index < -0.39 is 5.91 Å². The number of fused-ring (bicyclic) bond motifs is 1. The molecule has 1 N–H and O–H groups in total. The highest BCUT2D eigenvalue weighted by Gasteiger charge is 2.36. The summed E-state index contributed by atoms with van der Waals surface area (Å²) in [5, 5.41) is 16.0. The smallest absolute Gasteiger partial charge is 0.283 e. The molecule has 5 rings (SSSR count). The predicted octanol–water partition coefficient (Wildman–Crippen LogP) is 5.69. The molecule has 170 valence electrons. The molecule has 2 aliphatic rings. The fourth-order valence-electron chi connectivity index (χ4n) is 4.48. The Morgan fingerprint density at radius 2 is 1.68 bits per heavy atom. The number of amidine groups is 2. The van der Waals surface area contributed by atoms with Gasteiger partial charge in [0.1, 0.15) is 5.04 Å². The van der Waals surface area contributed by atoms with Crippen LogP contribution in [0.2, 0.25) is 0 Å². The minimum atomic E-state index is -0.415. The summed E-state index contributed by atoms with van der Waals surface area (Å²) >= 11 is 1.32. The summed E-state index contributed by atoms with van der Waals surface area (Å²) in [6.45, 7) is 10.3. The van der Waals surface area contributed by atoms with Crippen LogP contribution in [0.4, 0.5) is 0 Å². The van der Waals surface area contributed by atoms with Gasteiger partial charge in [0.15, 0.2) is 5.84 Å². The van der Waals surface area contributed by atoms with Gasteiger partial charge in [-0.1, -0.05) is 42.0 Å². The van der Waals surface area contributed by atoms with Gasteiger partial charge in [0, 0.05) is 17.0 Å². The molecule has 2 aromatic carbocycles. The maximum atomic E-state index is 12.9. The molecule has 1 amide bonds. The minimum absolute atomic E-state index is 0.0435. The number of carbonyl (C=O) groups excluding carboxylic acids is 1. The summed E-state index contributed by atoms with van der Waals surface area (Å²) in [6.07, 6.45) is 1.77. The Balaban J connectivity index is 1.54. The lowest BCUT2D eigenvalue weighted by molar-refractivity contribution is -0.114. The number of aliphatic imine (C=N–C) groups is 1. The van der Waals surface area contributed by atoms with E-state index in [-0.39, 0.29) is 11.4 Å². The number of hydrazone groups is 1. The molecular weight excluding hydrogens is 442 g/mol. The Bertz CT molecular complexity index is 1450. The van der Waals surface area contributed by atoms with Gasteiger partial charge in [-0.25, -0.2) is 0 Å². The van der Waals surface area contributed by atoms with Crippen molar-refractivity contribution >= 4 is 39.8 Å². The van der Waals surface area contributed by atoms with Gasteiger partial charge in [0.2, 0.25) is 5.17 Å². The SMILES string of the molecule is Cc1cccc(C2=NN3C(=N)/C(=C/c4cc(C)n(-c5c(C)cccc5C)c4C)C(=O)N=C3S2)c1. The van der Waals surface area contributed by atoms with Crippen LogP contribution in [0, 0.1) is 40.0 Å². The summed E-state index contributed by atoms with van der Waals surface area (Å²) in [6, 6.07) is 16.3. The molecule has 0 atom stereocenters. The van der Waals surface area contributed by atoms with Crippen LogP contribution in [-0.2, 0) is 4.79 Å². The van der Waals surface area contributed by atoms with Crippen molar-refractivity contribution in [2.75, 3.05) is 0 Å². The number of aromatic nitrogens is 1. The maximum absolute atomic E-state index is 12.9. The lowest BCUT2D eigenvalue weighted by atomic mass is 10.1. The molecule has 6 nitrogen and oxygen atoms in total. The highest BCUT2D eigenvalue weighted by Crippen LogP contribution is 2.32. The molecule has 0 bridgehead atoms. The highest BCUT2D eigenvalue weighted by molar-refractivity contribution is 8.27. The second-order valence-corrected chi connectivity index (χ2v) is 9.65. The van der Waals surface area contributed by atoms with Crippen LogP contribution in [0.15, 0.2) is 64.2 Å². The second kappa shape index (κ2) is 8.25. The normalized spacial score (nSPS) is 16.7. The number of rotatable bonds is 3. The number of nitrogens with zero attached hydrogens (tertiary/aromatic N) is 4. The number of nitrogens with one attached hydrogen (secondary N) is 1. The average Bonchev–Trinajstić information content (AvgIpc) is 3.33. The third-order valence-corrected chi connectivity index (χ3v) is 7.11. The summed E-state index contributed by atoms with van der Waals surface area (Å²) in [5.41, 5.74) is 8.80. The van der Waals surface area contributed by atoms with Crippen LogP contribution in [-0.4, -0.2) is 31.5 Å². The van der Waals surface area contributed by atoms with Crippen molar-refractivity contribution in [1.29, 1.82) is 5.41 Å². The Hall–Kier alpha value is -3.71. The molecule has 3 heterocycles. The summed E-state index contributed by atoms with van der Waals surface area (Å²) in [4.78, 5) is 17.2. The second-order valence-electron chi connectivity index (χ2n) is 8.70. The molecule has 0 saturated carbocycles. The van der Waals surface area contributed by atoms with Crippen LogP contribution in [0.5, 0.6) is 0 Å². The first kappa shape index (κ1) is 22.1. The lowest BCUT2D eigenvalue weighted by Gasteiger charge is -2.20. The van der Waals surface area contributed by atoms with Crippen molar-refractivity contribution in [3.05, 3.63) is 93.3 Å². The van der Waals surface area contributed by atoms with Crippen LogP contribution in [0.3, 0.4) is 0 Å². The predicted molar refractivity (Wildman–Crippen MR) is 140 cm³/mol. The van der Waals surface area contributed by atoms with Gasteiger partial charge in [-0.15, -0.1) is 0 Å². The Kier molecular flexibility index (Phi) is 5.37. The monoisotopic (exact) mass is 467 g/mol. The minimum Gasteiger partial charge on any atom is -0.317 e. The Morgan fingerprint density at radius 1 is 0.971 bits per heavy atom. The molecule has 0 unspecified atom stereocenters. The van der Waals surface area contributed by atoms with E-state index in [2.05, 4.69) is 53.6 Å². The van der Waals surface area contributed by atoms with E-state index in [0.717, 1.165) is 38.8 Å². The highest BCUT2D eigenvalue weighted by atomic mass is 32.2. The van der Waals surface area contributed by atoms with Crippen molar-refractivity contribution < 1.29 is 4.79 Å². The molecule has 3 aromatic rings. The van der Waals surface area contributed by atoms with E-state index >= 15 is 0 Å². The van der Waals surface area contributed by atoms with E-state index in [4.69, 9.17) is 5.41 Å². The standard InChI is InChI=1S/C27H25N5OS/c1-15-8-6-11-20(12-15)26-30-32-24(28)22(25(33)29-27(32)34-26)14-21-13-18(4)31(19(21)5)23-16(2)9-7-10-17(23)3/h6-14,28H,1-5H3/b22-14-,28-24?. The van der Waals surface area contributed by atoms with E-state index in [9.17, 15) is 4.79 Å². The van der Waals surface area contributed by atoms with E-state index in [1.165, 1.54) is 27.9 Å². The zero-order valence-corrected chi connectivity index (χ0v) is 20.6. The summed E-state index contributed by atoms with van der Waals surface area (Å²) < 4.78 is 2.21. The fourth-order valence-corrected chi connectivity index (χ4v) is 5.37. The van der Waals surface area contributed by atoms with Gasteiger partial charge in [0.25, 0.3) is 5.91 Å². The molecule has 0 spiro atoms. The van der Waals surface area contributed by atoms with Crippen molar-refractivity contribution in [2.24, 2.45) is 10.1 Å². The first-order chi connectivity index (χ1) is 16.2. The van der Waals surface area contributed by atoms with Crippen molar-refractivity contribution in [3.63, 3.8) is 0 Å². The van der Waals surface area contributed by atoms with Crippen molar-refractivity contribution in [2.45, 2.75) is 34.6 Å².